The minimum Gasteiger partial charge on any atom is -0.368 e. The Balaban J connectivity index is 2.42. The van der Waals surface area contributed by atoms with Crippen molar-refractivity contribution in [3.63, 3.8) is 0 Å². The second kappa shape index (κ2) is 6.15. The van der Waals surface area contributed by atoms with Crippen LogP contribution in [0.15, 0.2) is 51.4 Å². The minimum absolute atomic E-state index is 0.282. The van der Waals surface area contributed by atoms with Gasteiger partial charge >= 0.3 is 0 Å². The molecule has 0 aliphatic rings. The predicted octanol–water partition coefficient (Wildman–Crippen LogP) is 4.16. The average molecular weight is 416 g/mol. The number of hydrogen-bond donors (Lipinski definition) is 2. The van der Waals surface area contributed by atoms with Gasteiger partial charge in [0.05, 0.1) is 4.47 Å². The molecule has 3 N–H and O–H groups in total. The SMILES string of the molecule is CC(Nc1ccc(Br)cc1)(C(N)=O)c1ccc(F)c(Br)c1. The monoisotopic (exact) mass is 414 g/mol. The van der Waals surface area contributed by atoms with E-state index in [0.29, 0.717) is 5.56 Å². The fourth-order valence-electron chi connectivity index (χ4n) is 1.91. The molecule has 0 aliphatic carbocycles. The van der Waals surface area contributed by atoms with E-state index in [1.807, 2.05) is 24.3 Å². The lowest BCUT2D eigenvalue weighted by atomic mass is 9.90. The summed E-state index contributed by atoms with van der Waals surface area (Å²) in [5.74, 6) is -0.946. The molecule has 0 aromatic heterocycles. The second-order valence-electron chi connectivity index (χ2n) is 4.75. The molecule has 0 bridgehead atoms. The van der Waals surface area contributed by atoms with Crippen molar-refractivity contribution in [3.8, 4) is 0 Å². The maximum Gasteiger partial charge on any atom is 0.247 e. The van der Waals surface area contributed by atoms with Gasteiger partial charge in [0, 0.05) is 10.2 Å². The van der Waals surface area contributed by atoms with Gasteiger partial charge in [-0.2, -0.15) is 0 Å². The molecule has 3 nitrogen and oxygen atoms in total. The first kappa shape index (κ1) is 16.0. The van der Waals surface area contributed by atoms with Gasteiger partial charge in [0.15, 0.2) is 0 Å². The molecule has 2 rings (SSSR count). The molecule has 0 spiro atoms. The van der Waals surface area contributed by atoms with Crippen molar-refractivity contribution in [2.45, 2.75) is 12.5 Å². The Hall–Kier alpha value is -1.40. The zero-order valence-electron chi connectivity index (χ0n) is 11.2. The van der Waals surface area contributed by atoms with Crippen molar-refractivity contribution in [2.75, 3.05) is 5.32 Å². The van der Waals surface area contributed by atoms with E-state index in [2.05, 4.69) is 37.2 Å². The normalized spacial score (nSPS) is 13.5. The van der Waals surface area contributed by atoms with E-state index >= 15 is 0 Å². The van der Waals surface area contributed by atoms with Crippen LogP contribution in [0, 0.1) is 5.82 Å². The van der Waals surface area contributed by atoms with E-state index in [-0.39, 0.29) is 4.47 Å². The molecule has 0 fully saturated rings. The summed E-state index contributed by atoms with van der Waals surface area (Å²) in [5, 5.41) is 3.11. The Morgan fingerprint density at radius 1 is 1.19 bits per heavy atom. The lowest BCUT2D eigenvalue weighted by Gasteiger charge is -2.29. The highest BCUT2D eigenvalue weighted by Gasteiger charge is 2.33. The zero-order chi connectivity index (χ0) is 15.6. The number of benzene rings is 2. The maximum absolute atomic E-state index is 13.4. The van der Waals surface area contributed by atoms with Crippen molar-refractivity contribution in [1.29, 1.82) is 0 Å². The highest BCUT2D eigenvalue weighted by Crippen LogP contribution is 2.29. The third-order valence-corrected chi connectivity index (χ3v) is 4.36. The lowest BCUT2D eigenvalue weighted by molar-refractivity contribution is -0.122. The molecule has 2 aromatic carbocycles. The molecule has 1 amide bonds. The predicted molar refractivity (Wildman–Crippen MR) is 88.4 cm³/mol. The van der Waals surface area contributed by atoms with E-state index in [1.54, 1.807) is 13.0 Å². The molecule has 2 aromatic rings. The molecule has 0 heterocycles. The molecule has 0 radical (unpaired) electrons. The van der Waals surface area contributed by atoms with Gasteiger partial charge < -0.3 is 11.1 Å². The van der Waals surface area contributed by atoms with E-state index in [0.717, 1.165) is 10.2 Å². The second-order valence-corrected chi connectivity index (χ2v) is 6.52. The highest BCUT2D eigenvalue weighted by atomic mass is 79.9. The number of carbonyl (C=O) groups is 1. The van der Waals surface area contributed by atoms with Crippen LogP contribution in [0.3, 0.4) is 0 Å². The van der Waals surface area contributed by atoms with Crippen LogP contribution in [0.1, 0.15) is 12.5 Å². The van der Waals surface area contributed by atoms with Crippen molar-refractivity contribution in [3.05, 3.63) is 62.8 Å². The Morgan fingerprint density at radius 2 is 1.81 bits per heavy atom. The largest absolute Gasteiger partial charge is 0.368 e. The maximum atomic E-state index is 13.4. The van der Waals surface area contributed by atoms with Crippen molar-refractivity contribution in [2.24, 2.45) is 5.73 Å². The number of amides is 1. The van der Waals surface area contributed by atoms with Crippen LogP contribution in [0.4, 0.5) is 10.1 Å². The van der Waals surface area contributed by atoms with E-state index in [1.165, 1.54) is 12.1 Å². The number of halogens is 3. The molecule has 1 atom stereocenters. The van der Waals surface area contributed by atoms with E-state index in [9.17, 15) is 9.18 Å². The smallest absolute Gasteiger partial charge is 0.247 e. The number of nitrogens with two attached hydrogens (primary N) is 1. The molecule has 0 saturated heterocycles. The summed E-state index contributed by atoms with van der Waals surface area (Å²) in [4.78, 5) is 11.9. The van der Waals surface area contributed by atoms with Gasteiger partial charge in [-0.1, -0.05) is 22.0 Å². The third-order valence-electron chi connectivity index (χ3n) is 3.23. The Labute approximate surface area is 139 Å². The average Bonchev–Trinajstić information content (AvgIpc) is 2.44. The molecule has 0 aliphatic heterocycles. The summed E-state index contributed by atoms with van der Waals surface area (Å²) < 4.78 is 14.6. The number of rotatable bonds is 4. The van der Waals surface area contributed by atoms with Gasteiger partial charge in [0.2, 0.25) is 5.91 Å². The number of primary amides is 1. The van der Waals surface area contributed by atoms with Gasteiger partial charge in [0.25, 0.3) is 0 Å². The van der Waals surface area contributed by atoms with Crippen LogP contribution in [-0.2, 0) is 10.3 Å². The summed E-state index contributed by atoms with van der Waals surface area (Å²) in [7, 11) is 0. The molecule has 21 heavy (non-hydrogen) atoms. The standard InChI is InChI=1S/C15H13Br2FN2O/c1-15(14(19)21,9-2-7-13(18)12(17)8-9)20-11-5-3-10(16)4-6-11/h2-8,20H,1H3,(H2,19,21). The van der Waals surface area contributed by atoms with Crippen LogP contribution in [-0.4, -0.2) is 5.91 Å². The van der Waals surface area contributed by atoms with Crippen LogP contribution in [0.2, 0.25) is 0 Å². The molecule has 110 valence electrons. The Bertz CT molecular complexity index is 676. The van der Waals surface area contributed by atoms with Crippen molar-refractivity contribution >= 4 is 43.5 Å². The fourth-order valence-corrected chi connectivity index (χ4v) is 2.55. The molecule has 0 saturated carbocycles. The summed E-state index contributed by atoms with van der Waals surface area (Å²) in [6.07, 6.45) is 0. The van der Waals surface area contributed by atoms with Crippen molar-refractivity contribution in [1.82, 2.24) is 0 Å². The summed E-state index contributed by atoms with van der Waals surface area (Å²) in [5.41, 5.74) is 5.71. The first-order valence-electron chi connectivity index (χ1n) is 6.12. The van der Waals surface area contributed by atoms with Gasteiger partial charge in [-0.15, -0.1) is 0 Å². The van der Waals surface area contributed by atoms with Crippen molar-refractivity contribution < 1.29 is 9.18 Å². The Kier molecular flexibility index (Phi) is 4.68. The van der Waals surface area contributed by atoms with Crippen LogP contribution in [0.25, 0.3) is 0 Å². The van der Waals surface area contributed by atoms with Gasteiger partial charge in [-0.05, 0) is 64.8 Å². The minimum atomic E-state index is -1.15. The zero-order valence-corrected chi connectivity index (χ0v) is 14.3. The number of nitrogens with one attached hydrogen (secondary N) is 1. The summed E-state index contributed by atoms with van der Waals surface area (Å²) in [6, 6.07) is 11.7. The molecule has 6 heteroatoms. The van der Waals surface area contributed by atoms with E-state index in [4.69, 9.17) is 5.73 Å². The van der Waals surface area contributed by atoms with E-state index < -0.39 is 17.3 Å². The van der Waals surface area contributed by atoms with Crippen LogP contribution in [0.5, 0.6) is 0 Å². The van der Waals surface area contributed by atoms with Gasteiger partial charge in [-0.25, -0.2) is 4.39 Å². The van der Waals surface area contributed by atoms with Crippen LogP contribution >= 0.6 is 31.9 Å². The molecule has 1 unspecified atom stereocenters. The van der Waals surface area contributed by atoms with Crippen LogP contribution < -0.4 is 11.1 Å². The highest BCUT2D eigenvalue weighted by molar-refractivity contribution is 9.10. The first-order valence-corrected chi connectivity index (χ1v) is 7.71. The topological polar surface area (TPSA) is 55.1 Å². The Morgan fingerprint density at radius 3 is 2.33 bits per heavy atom. The number of anilines is 1. The lowest BCUT2D eigenvalue weighted by Crippen LogP contribution is -2.45. The summed E-state index contributed by atoms with van der Waals surface area (Å²) in [6.45, 7) is 1.66. The quantitative estimate of drug-likeness (QED) is 0.787. The number of hydrogen-bond acceptors (Lipinski definition) is 2. The van der Waals surface area contributed by atoms with Gasteiger partial charge in [0.1, 0.15) is 11.4 Å². The third kappa shape index (κ3) is 3.44. The molecular weight excluding hydrogens is 403 g/mol. The summed E-state index contributed by atoms with van der Waals surface area (Å²) >= 11 is 6.47. The number of carbonyl (C=O) groups excluding carboxylic acids is 1. The van der Waals surface area contributed by atoms with Gasteiger partial charge in [-0.3, -0.25) is 4.79 Å². The molecular formula is C15H13Br2FN2O. The first-order chi connectivity index (χ1) is 9.83. The fraction of sp³-hybridized carbons (Fsp3) is 0.133.